The molecule has 20 heavy (non-hydrogen) atoms. The second-order valence-corrected chi connectivity index (χ2v) is 4.28. The number of nitrogens with one attached hydrogen (secondary N) is 2. The molecule has 0 heterocycles. The topological polar surface area (TPSA) is 50.4 Å². The van der Waals surface area contributed by atoms with Crippen LogP contribution in [-0.2, 0) is 11.3 Å². The van der Waals surface area contributed by atoms with Gasteiger partial charge in [0.2, 0.25) is 5.91 Å². The molecule has 0 bridgehead atoms. The Balaban J connectivity index is 2.38. The van der Waals surface area contributed by atoms with Gasteiger partial charge in [-0.05, 0) is 24.6 Å². The molecule has 0 fully saturated rings. The van der Waals surface area contributed by atoms with Crippen molar-refractivity contribution in [3.63, 3.8) is 0 Å². The Morgan fingerprint density at radius 2 is 1.90 bits per heavy atom. The molecule has 112 valence electrons. The molecule has 4 nitrogen and oxygen atoms in total. The van der Waals surface area contributed by atoms with Gasteiger partial charge in [-0.2, -0.15) is 13.2 Å². The summed E-state index contributed by atoms with van der Waals surface area (Å²) in [4.78, 5) is 11.4. The van der Waals surface area contributed by atoms with Gasteiger partial charge in [0.25, 0.3) is 0 Å². The van der Waals surface area contributed by atoms with E-state index >= 15 is 0 Å². The molecular formula is C13H17F3N2O2. The molecule has 1 atom stereocenters. The number of amides is 1. The maximum Gasteiger partial charge on any atom is 0.405 e. The SMILES string of the molecule is COc1ccc(CNC(C)C(=O)NCC(F)(F)F)cc1. The third-order valence-electron chi connectivity index (χ3n) is 2.63. The number of hydrogen-bond donors (Lipinski definition) is 2. The molecule has 1 amide bonds. The first-order chi connectivity index (χ1) is 9.31. The Morgan fingerprint density at radius 1 is 1.30 bits per heavy atom. The van der Waals surface area contributed by atoms with Crippen molar-refractivity contribution in [2.24, 2.45) is 0 Å². The second-order valence-electron chi connectivity index (χ2n) is 4.28. The van der Waals surface area contributed by atoms with E-state index in [0.29, 0.717) is 12.3 Å². The summed E-state index contributed by atoms with van der Waals surface area (Å²) in [6, 6.07) is 6.45. The van der Waals surface area contributed by atoms with Crippen LogP contribution in [0.2, 0.25) is 0 Å². The van der Waals surface area contributed by atoms with Crippen LogP contribution >= 0.6 is 0 Å². The largest absolute Gasteiger partial charge is 0.497 e. The summed E-state index contributed by atoms with van der Waals surface area (Å²) in [7, 11) is 1.56. The van der Waals surface area contributed by atoms with Crippen molar-refractivity contribution in [1.29, 1.82) is 0 Å². The van der Waals surface area contributed by atoms with Gasteiger partial charge in [-0.1, -0.05) is 12.1 Å². The number of rotatable bonds is 6. The minimum atomic E-state index is -4.40. The van der Waals surface area contributed by atoms with E-state index in [2.05, 4.69) is 5.32 Å². The first kappa shape index (κ1) is 16.3. The average Bonchev–Trinajstić information content (AvgIpc) is 2.41. The standard InChI is InChI=1S/C13H17F3N2O2/c1-9(12(19)18-8-13(14,15)16)17-7-10-3-5-11(20-2)6-4-10/h3-6,9,17H,7-8H2,1-2H3,(H,18,19). The van der Waals surface area contributed by atoms with Gasteiger partial charge >= 0.3 is 6.18 Å². The van der Waals surface area contributed by atoms with Crippen LogP contribution in [0.15, 0.2) is 24.3 Å². The van der Waals surface area contributed by atoms with Crippen LogP contribution in [0.25, 0.3) is 0 Å². The quantitative estimate of drug-likeness (QED) is 0.840. The number of benzene rings is 1. The fourth-order valence-corrected chi connectivity index (χ4v) is 1.45. The number of halogens is 3. The van der Waals surface area contributed by atoms with Gasteiger partial charge in [0, 0.05) is 6.54 Å². The lowest BCUT2D eigenvalue weighted by Gasteiger charge is -2.15. The molecule has 7 heteroatoms. The maximum absolute atomic E-state index is 12.0. The Morgan fingerprint density at radius 3 is 2.40 bits per heavy atom. The summed E-state index contributed by atoms with van der Waals surface area (Å²) < 4.78 is 40.9. The third kappa shape index (κ3) is 5.92. The normalized spacial score (nSPS) is 12.8. The Labute approximate surface area is 115 Å². The van der Waals surface area contributed by atoms with Gasteiger partial charge in [0.15, 0.2) is 0 Å². The highest BCUT2D eigenvalue weighted by Gasteiger charge is 2.28. The van der Waals surface area contributed by atoms with Crippen molar-refractivity contribution < 1.29 is 22.7 Å². The van der Waals surface area contributed by atoms with Gasteiger partial charge in [-0.25, -0.2) is 0 Å². The van der Waals surface area contributed by atoms with Gasteiger partial charge in [0.05, 0.1) is 13.2 Å². The van der Waals surface area contributed by atoms with Crippen molar-refractivity contribution in [2.45, 2.75) is 25.7 Å². The van der Waals surface area contributed by atoms with Crippen LogP contribution in [-0.4, -0.2) is 31.8 Å². The summed E-state index contributed by atoms with van der Waals surface area (Å²) in [5, 5.41) is 4.68. The van der Waals surface area contributed by atoms with E-state index in [1.807, 2.05) is 17.4 Å². The summed E-state index contributed by atoms with van der Waals surface area (Å²) >= 11 is 0. The van der Waals surface area contributed by atoms with Crippen LogP contribution in [0.5, 0.6) is 5.75 Å². The van der Waals surface area contributed by atoms with Gasteiger partial charge < -0.3 is 15.4 Å². The number of alkyl halides is 3. The monoisotopic (exact) mass is 290 g/mol. The predicted molar refractivity (Wildman–Crippen MR) is 68.4 cm³/mol. The van der Waals surface area contributed by atoms with Crippen LogP contribution in [0.1, 0.15) is 12.5 Å². The van der Waals surface area contributed by atoms with E-state index in [0.717, 1.165) is 5.56 Å². The highest BCUT2D eigenvalue weighted by Crippen LogP contribution is 2.12. The molecule has 1 unspecified atom stereocenters. The maximum atomic E-state index is 12.0. The first-order valence-electron chi connectivity index (χ1n) is 6.02. The van der Waals surface area contributed by atoms with Crippen molar-refractivity contribution in [3.05, 3.63) is 29.8 Å². The molecule has 0 spiro atoms. The summed E-state index contributed by atoms with van der Waals surface area (Å²) in [6.45, 7) is 0.570. The molecule has 1 aromatic rings. The molecule has 0 aliphatic carbocycles. The Kier molecular flexibility index (Phi) is 5.82. The smallest absolute Gasteiger partial charge is 0.405 e. The molecule has 1 aromatic carbocycles. The van der Waals surface area contributed by atoms with E-state index in [-0.39, 0.29) is 0 Å². The lowest BCUT2D eigenvalue weighted by molar-refractivity contribution is -0.139. The molecule has 0 aliphatic heterocycles. The predicted octanol–water partition coefficient (Wildman–Crippen LogP) is 1.85. The van der Waals surface area contributed by atoms with E-state index in [1.165, 1.54) is 6.92 Å². The highest BCUT2D eigenvalue weighted by molar-refractivity contribution is 5.81. The molecule has 0 aliphatic rings. The lowest BCUT2D eigenvalue weighted by atomic mass is 10.2. The van der Waals surface area contributed by atoms with E-state index < -0.39 is 24.7 Å². The minimum Gasteiger partial charge on any atom is -0.497 e. The third-order valence-corrected chi connectivity index (χ3v) is 2.63. The summed E-state index contributed by atoms with van der Waals surface area (Å²) in [6.07, 6.45) is -4.40. The van der Waals surface area contributed by atoms with Crippen molar-refractivity contribution >= 4 is 5.91 Å². The Bertz CT molecular complexity index is 432. The van der Waals surface area contributed by atoms with E-state index in [1.54, 1.807) is 19.2 Å². The van der Waals surface area contributed by atoms with Crippen molar-refractivity contribution in [2.75, 3.05) is 13.7 Å². The zero-order valence-corrected chi connectivity index (χ0v) is 11.3. The second kappa shape index (κ2) is 7.14. The molecule has 0 aromatic heterocycles. The van der Waals surface area contributed by atoms with Crippen LogP contribution in [0.3, 0.4) is 0 Å². The fourth-order valence-electron chi connectivity index (χ4n) is 1.45. The number of carbonyl (C=O) groups is 1. The van der Waals surface area contributed by atoms with Crippen molar-refractivity contribution in [3.8, 4) is 5.75 Å². The fraction of sp³-hybridized carbons (Fsp3) is 0.462. The summed E-state index contributed by atoms with van der Waals surface area (Å²) in [5.74, 6) is 0.0283. The average molecular weight is 290 g/mol. The number of hydrogen-bond acceptors (Lipinski definition) is 3. The number of carbonyl (C=O) groups excluding carboxylic acids is 1. The van der Waals surface area contributed by atoms with Gasteiger partial charge in [0.1, 0.15) is 12.3 Å². The first-order valence-corrected chi connectivity index (χ1v) is 6.02. The highest BCUT2D eigenvalue weighted by atomic mass is 19.4. The number of ether oxygens (including phenoxy) is 1. The summed E-state index contributed by atoms with van der Waals surface area (Å²) in [5.41, 5.74) is 0.904. The molecule has 0 radical (unpaired) electrons. The lowest BCUT2D eigenvalue weighted by Crippen LogP contribution is -2.44. The zero-order valence-electron chi connectivity index (χ0n) is 11.3. The molecular weight excluding hydrogens is 273 g/mol. The van der Waals surface area contributed by atoms with Crippen LogP contribution in [0.4, 0.5) is 13.2 Å². The van der Waals surface area contributed by atoms with E-state index in [4.69, 9.17) is 4.74 Å². The molecule has 2 N–H and O–H groups in total. The van der Waals surface area contributed by atoms with Crippen LogP contribution in [0, 0.1) is 0 Å². The Hall–Kier alpha value is -1.76. The molecule has 0 saturated heterocycles. The van der Waals surface area contributed by atoms with Gasteiger partial charge in [-0.3, -0.25) is 4.79 Å². The van der Waals surface area contributed by atoms with E-state index in [9.17, 15) is 18.0 Å². The van der Waals surface area contributed by atoms with Crippen molar-refractivity contribution in [1.82, 2.24) is 10.6 Å². The van der Waals surface area contributed by atoms with Crippen LogP contribution < -0.4 is 15.4 Å². The molecule has 0 saturated carbocycles. The number of methoxy groups -OCH3 is 1. The molecule has 1 rings (SSSR count). The minimum absolute atomic E-state index is 0.380. The zero-order chi connectivity index (χ0) is 15.2. The van der Waals surface area contributed by atoms with Gasteiger partial charge in [-0.15, -0.1) is 0 Å².